The largest absolute Gasteiger partial charge is 0.506 e. The molecule has 3 rings (SSSR count). The number of hydrogen-bond acceptors (Lipinski definition) is 5. The van der Waals surface area contributed by atoms with Crippen LogP contribution in [0.15, 0.2) is 53.4 Å². The summed E-state index contributed by atoms with van der Waals surface area (Å²) in [7, 11) is 0. The molecule has 7 heteroatoms. The number of benzene rings is 2. The number of amides is 2. The summed E-state index contributed by atoms with van der Waals surface area (Å²) in [5, 5.41) is 12.3. The fraction of sp³-hybridized carbons (Fsp3) is 0.227. The molecule has 5 nitrogen and oxygen atoms in total. The molecule has 0 aromatic heterocycles. The van der Waals surface area contributed by atoms with Gasteiger partial charge in [-0.1, -0.05) is 79.8 Å². The van der Waals surface area contributed by atoms with E-state index in [9.17, 15) is 14.7 Å². The van der Waals surface area contributed by atoms with Crippen LogP contribution >= 0.6 is 24.0 Å². The maximum Gasteiger partial charge on any atom is 0.266 e. The second kappa shape index (κ2) is 10.8. The number of rotatable bonds is 5. The zero-order valence-corrected chi connectivity index (χ0v) is 18.3. The monoisotopic (exact) mass is 428 g/mol. The summed E-state index contributed by atoms with van der Waals surface area (Å²) in [4.78, 5) is 26.7. The average Bonchev–Trinajstić information content (AvgIpc) is 2.98. The molecule has 0 spiro atoms. The summed E-state index contributed by atoms with van der Waals surface area (Å²) >= 11 is 6.53. The van der Waals surface area contributed by atoms with Crippen molar-refractivity contribution in [1.82, 2.24) is 4.90 Å². The Morgan fingerprint density at radius 1 is 1.17 bits per heavy atom. The van der Waals surface area contributed by atoms with E-state index in [0.717, 1.165) is 11.1 Å². The Bertz CT molecular complexity index is 924. The zero-order valence-electron chi connectivity index (χ0n) is 16.6. The Balaban J connectivity index is 0.00000145. The van der Waals surface area contributed by atoms with Gasteiger partial charge in [-0.2, -0.15) is 0 Å². The molecule has 2 aromatic rings. The van der Waals surface area contributed by atoms with Crippen LogP contribution in [0.4, 0.5) is 5.69 Å². The second-order valence-corrected chi connectivity index (χ2v) is 7.74. The highest BCUT2D eigenvalue weighted by Crippen LogP contribution is 2.32. The van der Waals surface area contributed by atoms with Gasteiger partial charge in [-0.25, -0.2) is 0 Å². The number of thiocarbonyl (C=S) groups is 1. The molecule has 2 amide bonds. The number of nitrogens with one attached hydrogen (secondary N) is 1. The predicted molar refractivity (Wildman–Crippen MR) is 124 cm³/mol. The maximum absolute atomic E-state index is 12.6. The van der Waals surface area contributed by atoms with Crippen molar-refractivity contribution < 1.29 is 14.7 Å². The summed E-state index contributed by atoms with van der Waals surface area (Å²) in [5.41, 5.74) is 2.42. The Morgan fingerprint density at radius 3 is 2.48 bits per heavy atom. The van der Waals surface area contributed by atoms with Crippen molar-refractivity contribution >= 4 is 51.9 Å². The van der Waals surface area contributed by atoms with Crippen LogP contribution < -0.4 is 5.32 Å². The minimum Gasteiger partial charge on any atom is -0.506 e. The second-order valence-electron chi connectivity index (χ2n) is 6.06. The number of hydrogen-bond donors (Lipinski definition) is 2. The van der Waals surface area contributed by atoms with Crippen molar-refractivity contribution in [3.05, 3.63) is 64.6 Å². The van der Waals surface area contributed by atoms with Crippen LogP contribution in [0.25, 0.3) is 6.08 Å². The SMILES string of the molecule is CC.Cc1ccc(/C=C2\SC(=S)N(CCC(=O)Nc3ccccc3O)C2=O)cc1. The summed E-state index contributed by atoms with van der Waals surface area (Å²) < 4.78 is 0.439. The summed E-state index contributed by atoms with van der Waals surface area (Å²) in [5.74, 6) is -0.494. The number of phenolic OH excluding ortho intramolecular Hbond substituents is 1. The zero-order chi connectivity index (χ0) is 21.4. The van der Waals surface area contributed by atoms with Crippen LogP contribution in [-0.4, -0.2) is 32.7 Å². The lowest BCUT2D eigenvalue weighted by atomic mass is 10.1. The number of aromatic hydroxyl groups is 1. The van der Waals surface area contributed by atoms with E-state index in [1.54, 1.807) is 24.3 Å². The normalized spacial score (nSPS) is 14.6. The Morgan fingerprint density at radius 2 is 1.83 bits per heavy atom. The quantitative estimate of drug-likeness (QED) is 0.400. The molecule has 0 atom stereocenters. The van der Waals surface area contributed by atoms with Crippen LogP contribution in [0.1, 0.15) is 31.4 Å². The molecule has 0 radical (unpaired) electrons. The molecule has 1 aliphatic rings. The van der Waals surface area contributed by atoms with Gasteiger partial charge in [0.15, 0.2) is 0 Å². The smallest absolute Gasteiger partial charge is 0.266 e. The summed E-state index contributed by atoms with van der Waals surface area (Å²) in [6.07, 6.45) is 1.89. The van der Waals surface area contributed by atoms with E-state index >= 15 is 0 Å². The van der Waals surface area contributed by atoms with Crippen LogP contribution in [0, 0.1) is 6.92 Å². The molecule has 152 valence electrons. The number of carbonyl (C=O) groups is 2. The van der Waals surface area contributed by atoms with Crippen LogP contribution in [0.5, 0.6) is 5.75 Å². The minimum absolute atomic E-state index is 0.00232. The fourth-order valence-corrected chi connectivity index (χ4v) is 3.82. The van der Waals surface area contributed by atoms with Gasteiger partial charge in [-0.05, 0) is 30.7 Å². The average molecular weight is 429 g/mol. The molecule has 1 fully saturated rings. The van der Waals surface area contributed by atoms with E-state index in [1.165, 1.54) is 22.7 Å². The molecule has 1 aliphatic heterocycles. The first-order valence-electron chi connectivity index (χ1n) is 9.34. The molecule has 29 heavy (non-hydrogen) atoms. The van der Waals surface area contributed by atoms with Gasteiger partial charge in [0, 0.05) is 13.0 Å². The van der Waals surface area contributed by atoms with Crippen molar-refractivity contribution in [1.29, 1.82) is 0 Å². The number of nitrogens with zero attached hydrogens (tertiary/aromatic N) is 1. The molecular formula is C22H24N2O3S2. The molecule has 0 unspecified atom stereocenters. The van der Waals surface area contributed by atoms with Crippen molar-refractivity contribution in [2.75, 3.05) is 11.9 Å². The minimum atomic E-state index is -0.298. The number of aryl methyl sites for hydroxylation is 1. The Kier molecular flexibility index (Phi) is 8.42. The van der Waals surface area contributed by atoms with Crippen molar-refractivity contribution in [3.8, 4) is 5.75 Å². The highest BCUT2D eigenvalue weighted by Gasteiger charge is 2.32. The van der Waals surface area contributed by atoms with E-state index < -0.39 is 0 Å². The van der Waals surface area contributed by atoms with E-state index in [-0.39, 0.29) is 30.5 Å². The van der Waals surface area contributed by atoms with Gasteiger partial charge in [-0.15, -0.1) is 0 Å². The van der Waals surface area contributed by atoms with E-state index in [4.69, 9.17) is 12.2 Å². The van der Waals surface area contributed by atoms with Gasteiger partial charge in [0.05, 0.1) is 10.6 Å². The first-order valence-corrected chi connectivity index (χ1v) is 10.6. The van der Waals surface area contributed by atoms with Gasteiger partial charge in [-0.3, -0.25) is 14.5 Å². The predicted octanol–water partition coefficient (Wildman–Crippen LogP) is 4.96. The maximum atomic E-state index is 12.6. The van der Waals surface area contributed by atoms with Gasteiger partial charge in [0.25, 0.3) is 5.91 Å². The third-order valence-corrected chi connectivity index (χ3v) is 5.37. The molecule has 0 saturated carbocycles. The summed E-state index contributed by atoms with van der Waals surface area (Å²) in [6.45, 7) is 6.19. The van der Waals surface area contributed by atoms with E-state index in [0.29, 0.717) is 14.9 Å². The third kappa shape index (κ3) is 6.17. The number of carbonyl (C=O) groups excluding carboxylic acids is 2. The van der Waals surface area contributed by atoms with Crippen LogP contribution in [0.3, 0.4) is 0 Å². The number of phenols is 1. The molecule has 1 heterocycles. The summed E-state index contributed by atoms with van der Waals surface area (Å²) in [6, 6.07) is 14.3. The molecule has 0 aliphatic carbocycles. The third-order valence-electron chi connectivity index (χ3n) is 3.99. The topological polar surface area (TPSA) is 69.6 Å². The molecule has 2 aromatic carbocycles. The van der Waals surface area contributed by atoms with Crippen molar-refractivity contribution in [2.45, 2.75) is 27.2 Å². The standard InChI is InChI=1S/C20H18N2O3S2.C2H6/c1-13-6-8-14(9-7-13)12-17-19(25)22(20(26)27-17)11-10-18(24)21-15-4-2-3-5-16(15)23;1-2/h2-9,12,23H,10-11H2,1H3,(H,21,24);1-2H3/b17-12-;. The fourth-order valence-electron chi connectivity index (χ4n) is 2.51. The lowest BCUT2D eigenvalue weighted by Gasteiger charge is -2.14. The van der Waals surface area contributed by atoms with Gasteiger partial charge >= 0.3 is 0 Å². The number of anilines is 1. The lowest BCUT2D eigenvalue weighted by Crippen LogP contribution is -2.31. The molecule has 2 N–H and O–H groups in total. The van der Waals surface area contributed by atoms with Gasteiger partial charge < -0.3 is 10.4 Å². The van der Waals surface area contributed by atoms with E-state index in [2.05, 4.69) is 5.32 Å². The Hall–Kier alpha value is -2.64. The molecule has 0 bridgehead atoms. The van der Waals surface area contributed by atoms with E-state index in [1.807, 2.05) is 45.0 Å². The highest BCUT2D eigenvalue weighted by atomic mass is 32.2. The number of para-hydroxylation sites is 2. The van der Waals surface area contributed by atoms with Gasteiger partial charge in [0.2, 0.25) is 5.91 Å². The first kappa shape index (κ1) is 22.6. The molecular weight excluding hydrogens is 404 g/mol. The highest BCUT2D eigenvalue weighted by molar-refractivity contribution is 8.26. The van der Waals surface area contributed by atoms with Crippen LogP contribution in [-0.2, 0) is 9.59 Å². The number of thioether (sulfide) groups is 1. The van der Waals surface area contributed by atoms with Crippen molar-refractivity contribution in [3.63, 3.8) is 0 Å². The first-order chi connectivity index (χ1) is 13.9. The van der Waals surface area contributed by atoms with Gasteiger partial charge in [0.1, 0.15) is 10.1 Å². The lowest BCUT2D eigenvalue weighted by molar-refractivity contribution is -0.122. The Labute approximate surface area is 180 Å². The van der Waals surface area contributed by atoms with Crippen molar-refractivity contribution in [2.24, 2.45) is 0 Å². The van der Waals surface area contributed by atoms with Crippen LogP contribution in [0.2, 0.25) is 0 Å². The molecule has 1 saturated heterocycles.